The van der Waals surface area contributed by atoms with Crippen molar-refractivity contribution >= 4 is 16.8 Å². The normalized spacial score (nSPS) is 26.0. The highest BCUT2D eigenvalue weighted by molar-refractivity contribution is 5.87. The van der Waals surface area contributed by atoms with Gasteiger partial charge in [-0.05, 0) is 79.0 Å². The van der Waals surface area contributed by atoms with Crippen molar-refractivity contribution in [3.8, 4) is 5.69 Å². The smallest absolute Gasteiger partial charge is 0.229 e. The van der Waals surface area contributed by atoms with Crippen LogP contribution in [0.4, 0.5) is 4.39 Å². The summed E-state index contributed by atoms with van der Waals surface area (Å²) in [5, 5.41) is 29.2. The summed E-state index contributed by atoms with van der Waals surface area (Å²) in [5.74, 6) is -0.611. The number of halogens is 1. The van der Waals surface area contributed by atoms with Gasteiger partial charge in [0.1, 0.15) is 12.0 Å². The van der Waals surface area contributed by atoms with Gasteiger partial charge >= 0.3 is 0 Å². The van der Waals surface area contributed by atoms with Gasteiger partial charge in [0.05, 0.1) is 28.9 Å². The van der Waals surface area contributed by atoms with Gasteiger partial charge in [0.25, 0.3) is 0 Å². The Balaban J connectivity index is 1.09. The number of carbonyl (C=O) groups is 1. The number of hydrogen-bond donors (Lipinski definition) is 3. The van der Waals surface area contributed by atoms with Gasteiger partial charge < -0.3 is 15.5 Å². The van der Waals surface area contributed by atoms with Crippen molar-refractivity contribution in [2.45, 2.75) is 76.2 Å². The fourth-order valence-corrected chi connectivity index (χ4v) is 6.98. The van der Waals surface area contributed by atoms with E-state index in [0.29, 0.717) is 54.7 Å². The maximum Gasteiger partial charge on any atom is 0.229 e. The summed E-state index contributed by atoms with van der Waals surface area (Å²) in [6.45, 7) is 5.93. The molecule has 3 atom stereocenters. The number of carbonyl (C=O) groups excluding carboxylic acids is 1. The molecule has 3 unspecified atom stereocenters. The van der Waals surface area contributed by atoms with Crippen LogP contribution in [0, 0.1) is 11.2 Å². The van der Waals surface area contributed by atoms with Gasteiger partial charge in [0.2, 0.25) is 5.91 Å². The molecule has 43 heavy (non-hydrogen) atoms. The van der Waals surface area contributed by atoms with E-state index in [1.807, 2.05) is 24.7 Å². The summed E-state index contributed by atoms with van der Waals surface area (Å²) >= 11 is 0. The standard InChI is InChI=1S/C34H38FN5O3/c1-33(2)20-39(18-21-3-7-25(8-4-21)40-19-24(17-37-40)22-5-6-22)14-13-34(33,43)28-10-11-29-27(31(28)35)15-23(16-36-29)26-9-12-30(41)38-32(26)42/h3-4,7-8,10-11,15-17,19,22,26,30,41,43H,5-6,9,12-14,18,20H2,1-2H3,(H,38,42). The number of likely N-dealkylation sites (tertiary alicyclic amines) is 1. The molecule has 4 heterocycles. The second-order valence-corrected chi connectivity index (χ2v) is 13.3. The van der Waals surface area contributed by atoms with Crippen molar-refractivity contribution in [2.75, 3.05) is 13.1 Å². The third kappa shape index (κ3) is 5.13. The third-order valence-corrected chi connectivity index (χ3v) is 9.81. The Bertz CT molecular complexity index is 1680. The van der Waals surface area contributed by atoms with Crippen LogP contribution < -0.4 is 5.32 Å². The van der Waals surface area contributed by atoms with Gasteiger partial charge in [0, 0.05) is 48.4 Å². The van der Waals surface area contributed by atoms with E-state index in [0.717, 1.165) is 12.2 Å². The van der Waals surface area contributed by atoms with Crippen molar-refractivity contribution in [1.82, 2.24) is 25.0 Å². The Hall–Kier alpha value is -3.66. The second-order valence-electron chi connectivity index (χ2n) is 13.3. The Morgan fingerprint density at radius 3 is 2.56 bits per heavy atom. The van der Waals surface area contributed by atoms with Crippen LogP contribution in [0.5, 0.6) is 0 Å². The second kappa shape index (κ2) is 10.5. The number of hydrogen-bond acceptors (Lipinski definition) is 6. The number of nitrogens with one attached hydrogen (secondary N) is 1. The minimum absolute atomic E-state index is 0.265. The zero-order valence-electron chi connectivity index (χ0n) is 24.6. The highest BCUT2D eigenvalue weighted by Gasteiger charge is 2.50. The van der Waals surface area contributed by atoms with Crippen LogP contribution in [-0.2, 0) is 16.9 Å². The zero-order valence-corrected chi connectivity index (χ0v) is 24.6. The van der Waals surface area contributed by atoms with Crippen LogP contribution in [0.1, 0.15) is 80.0 Å². The molecule has 1 aliphatic carbocycles. The van der Waals surface area contributed by atoms with Crippen LogP contribution >= 0.6 is 0 Å². The lowest BCUT2D eigenvalue weighted by Crippen LogP contribution is -2.55. The fraction of sp³-hybridized carbons (Fsp3) is 0.441. The molecule has 3 aliphatic rings. The first kappa shape index (κ1) is 28.1. The lowest BCUT2D eigenvalue weighted by atomic mass is 9.66. The summed E-state index contributed by atoms with van der Waals surface area (Å²) in [5.41, 5.74) is 2.85. The van der Waals surface area contributed by atoms with E-state index in [1.165, 1.54) is 24.0 Å². The minimum atomic E-state index is -1.38. The average molecular weight is 584 g/mol. The lowest BCUT2D eigenvalue weighted by Gasteiger charge is -2.50. The average Bonchev–Trinajstić information content (AvgIpc) is 3.72. The number of benzene rings is 2. The van der Waals surface area contributed by atoms with Crippen molar-refractivity contribution in [3.05, 3.63) is 89.1 Å². The number of nitrogens with zero attached hydrogens (tertiary/aromatic N) is 4. The van der Waals surface area contributed by atoms with E-state index >= 15 is 4.39 Å². The van der Waals surface area contributed by atoms with Gasteiger partial charge in [-0.25, -0.2) is 9.07 Å². The van der Waals surface area contributed by atoms with Gasteiger partial charge in [0.15, 0.2) is 0 Å². The first-order valence-corrected chi connectivity index (χ1v) is 15.3. The first-order valence-electron chi connectivity index (χ1n) is 15.3. The van der Waals surface area contributed by atoms with Crippen LogP contribution in [0.15, 0.2) is 61.1 Å². The van der Waals surface area contributed by atoms with Crippen LogP contribution in [0.3, 0.4) is 0 Å². The fourth-order valence-electron chi connectivity index (χ4n) is 6.98. The zero-order chi connectivity index (χ0) is 29.9. The van der Waals surface area contributed by atoms with E-state index < -0.39 is 29.0 Å². The van der Waals surface area contributed by atoms with E-state index in [4.69, 9.17) is 0 Å². The first-order chi connectivity index (χ1) is 20.6. The van der Waals surface area contributed by atoms with Crippen LogP contribution in [0.2, 0.25) is 0 Å². The highest BCUT2D eigenvalue weighted by Crippen LogP contribution is 2.48. The van der Waals surface area contributed by atoms with E-state index in [1.54, 1.807) is 24.4 Å². The molecule has 2 aromatic heterocycles. The number of aliphatic hydroxyl groups is 2. The van der Waals surface area contributed by atoms with Crippen LogP contribution in [0.25, 0.3) is 16.6 Å². The molecule has 3 N–H and O–H groups in total. The highest BCUT2D eigenvalue weighted by atomic mass is 19.1. The number of pyridine rings is 1. The van der Waals surface area contributed by atoms with Gasteiger partial charge in [-0.1, -0.05) is 32.0 Å². The topological polar surface area (TPSA) is 104 Å². The summed E-state index contributed by atoms with van der Waals surface area (Å²) in [6, 6.07) is 13.5. The molecule has 1 amide bonds. The summed E-state index contributed by atoms with van der Waals surface area (Å²) in [6.07, 6.45) is 8.62. The van der Waals surface area contributed by atoms with Crippen LogP contribution in [-0.4, -0.2) is 55.1 Å². The van der Waals surface area contributed by atoms with Crippen molar-refractivity contribution < 1.29 is 19.4 Å². The number of aliphatic hydroxyl groups excluding tert-OH is 1. The Morgan fingerprint density at radius 2 is 1.84 bits per heavy atom. The maximum atomic E-state index is 16.3. The quantitative estimate of drug-likeness (QED) is 0.299. The largest absolute Gasteiger partial charge is 0.384 e. The molecule has 0 bridgehead atoms. The number of aromatic nitrogens is 3. The SMILES string of the molecule is CC1(C)CN(Cc2ccc(-n3cc(C4CC4)cn3)cc2)CCC1(O)c1ccc2ncc(C3CCC(O)NC3=O)cc2c1F. The maximum absolute atomic E-state index is 16.3. The Kier molecular flexibility index (Phi) is 6.87. The van der Waals surface area contributed by atoms with E-state index in [2.05, 4.69) is 50.8 Å². The predicted octanol–water partition coefficient (Wildman–Crippen LogP) is 4.87. The molecule has 0 radical (unpaired) electrons. The summed E-state index contributed by atoms with van der Waals surface area (Å²) in [4.78, 5) is 19.3. The molecule has 2 saturated heterocycles. The van der Waals surface area contributed by atoms with E-state index in [9.17, 15) is 15.0 Å². The summed E-state index contributed by atoms with van der Waals surface area (Å²) in [7, 11) is 0. The lowest BCUT2D eigenvalue weighted by molar-refractivity contribution is -0.128. The third-order valence-electron chi connectivity index (χ3n) is 9.81. The molecule has 8 nitrogen and oxygen atoms in total. The van der Waals surface area contributed by atoms with Crippen molar-refractivity contribution in [3.63, 3.8) is 0 Å². The van der Waals surface area contributed by atoms with Crippen molar-refractivity contribution in [2.24, 2.45) is 5.41 Å². The molecule has 2 aromatic carbocycles. The Morgan fingerprint density at radius 1 is 1.05 bits per heavy atom. The molecular formula is C34H38FN5O3. The van der Waals surface area contributed by atoms with Crippen molar-refractivity contribution in [1.29, 1.82) is 0 Å². The Labute approximate surface area is 250 Å². The van der Waals surface area contributed by atoms with Gasteiger partial charge in [-0.15, -0.1) is 0 Å². The predicted molar refractivity (Wildman–Crippen MR) is 161 cm³/mol. The molecule has 4 aromatic rings. The van der Waals surface area contributed by atoms with E-state index in [-0.39, 0.29) is 11.5 Å². The summed E-state index contributed by atoms with van der Waals surface area (Å²) < 4.78 is 18.2. The minimum Gasteiger partial charge on any atom is -0.384 e. The molecule has 9 heteroatoms. The monoisotopic (exact) mass is 583 g/mol. The van der Waals surface area contributed by atoms with Gasteiger partial charge in [-0.2, -0.15) is 5.10 Å². The number of fused-ring (bicyclic) bond motifs is 1. The number of amides is 1. The molecule has 2 aliphatic heterocycles. The van der Waals surface area contributed by atoms with Gasteiger partial charge in [-0.3, -0.25) is 14.7 Å². The molecule has 1 saturated carbocycles. The molecule has 0 spiro atoms. The number of rotatable bonds is 6. The molecule has 224 valence electrons. The number of piperidine rings is 2. The molecule has 3 fully saturated rings. The molecular weight excluding hydrogens is 545 g/mol. The molecule has 7 rings (SSSR count).